The van der Waals surface area contributed by atoms with Gasteiger partial charge in [-0.1, -0.05) is 40.9 Å². The van der Waals surface area contributed by atoms with Crippen molar-refractivity contribution in [3.63, 3.8) is 0 Å². The van der Waals surface area contributed by atoms with Gasteiger partial charge in [-0.3, -0.25) is 14.9 Å². The number of nitro groups is 1. The molecule has 4 rings (SSSR count). The van der Waals surface area contributed by atoms with Crippen molar-refractivity contribution in [1.29, 1.82) is 0 Å². The lowest BCUT2D eigenvalue weighted by atomic mass is 10.2. The molecule has 9 nitrogen and oxygen atoms in total. The molecule has 0 fully saturated rings. The first-order chi connectivity index (χ1) is 19.2. The standard InChI is InChI=1S/C28H25Br2ClN4O5/c1-3-5-6-24-33-22-12-9-19(29)14-21(22)28(36)34(24)32-15-18-13-23(39-4-2)27(26(31)25(18)30)40-16-17-7-10-20(11-8-17)35(37)38/h7-15H,3-6,16H2,1-2H3. The quantitative estimate of drug-likeness (QED) is 0.0907. The zero-order valence-electron chi connectivity index (χ0n) is 21.7. The van der Waals surface area contributed by atoms with Crippen LogP contribution in [0.4, 0.5) is 5.69 Å². The molecule has 0 unspecified atom stereocenters. The average molecular weight is 693 g/mol. The third-order valence-electron chi connectivity index (χ3n) is 5.93. The fourth-order valence-corrected chi connectivity index (χ4v) is 4.91. The number of hydrogen-bond acceptors (Lipinski definition) is 7. The molecule has 1 aromatic heterocycles. The minimum absolute atomic E-state index is 0.00520. The second-order valence-electron chi connectivity index (χ2n) is 8.72. The van der Waals surface area contributed by atoms with Crippen LogP contribution in [0.3, 0.4) is 0 Å². The van der Waals surface area contributed by atoms with Crippen LogP contribution in [0.1, 0.15) is 43.6 Å². The summed E-state index contributed by atoms with van der Waals surface area (Å²) >= 11 is 13.6. The summed E-state index contributed by atoms with van der Waals surface area (Å²) in [6.45, 7) is 4.38. The molecule has 1 heterocycles. The number of unbranched alkanes of at least 4 members (excludes halogenated alkanes) is 1. The summed E-state index contributed by atoms with van der Waals surface area (Å²) in [5, 5.41) is 16.2. The fraction of sp³-hybridized carbons (Fsp3) is 0.250. The Morgan fingerprint density at radius 3 is 2.55 bits per heavy atom. The monoisotopic (exact) mass is 690 g/mol. The fourth-order valence-electron chi connectivity index (χ4n) is 3.90. The first-order valence-electron chi connectivity index (χ1n) is 12.5. The first kappa shape index (κ1) is 29.7. The number of aromatic nitrogens is 2. The van der Waals surface area contributed by atoms with Gasteiger partial charge in [0.05, 0.1) is 28.6 Å². The van der Waals surface area contributed by atoms with Crippen LogP contribution in [0, 0.1) is 10.1 Å². The molecule has 208 valence electrons. The number of halogens is 3. The van der Waals surface area contributed by atoms with Crippen molar-refractivity contribution >= 4 is 66.3 Å². The van der Waals surface area contributed by atoms with E-state index in [1.165, 1.54) is 23.0 Å². The maximum Gasteiger partial charge on any atom is 0.282 e. The number of fused-ring (bicyclic) bond motifs is 1. The smallest absolute Gasteiger partial charge is 0.282 e. The molecule has 0 aliphatic rings. The number of nitrogens with zero attached hydrogens (tertiary/aromatic N) is 4. The zero-order valence-corrected chi connectivity index (χ0v) is 25.6. The maximum absolute atomic E-state index is 13.4. The summed E-state index contributed by atoms with van der Waals surface area (Å²) in [7, 11) is 0. The predicted octanol–water partition coefficient (Wildman–Crippen LogP) is 7.69. The van der Waals surface area contributed by atoms with E-state index in [0.29, 0.717) is 51.3 Å². The molecule has 3 aromatic carbocycles. The lowest BCUT2D eigenvalue weighted by Gasteiger charge is -2.16. The molecule has 0 saturated carbocycles. The van der Waals surface area contributed by atoms with Gasteiger partial charge < -0.3 is 9.47 Å². The molecule has 0 amide bonds. The van der Waals surface area contributed by atoms with Crippen molar-refractivity contribution in [3.05, 3.63) is 99.9 Å². The largest absolute Gasteiger partial charge is 0.490 e. The molecule has 0 saturated heterocycles. The van der Waals surface area contributed by atoms with Gasteiger partial charge in [0.15, 0.2) is 11.5 Å². The molecule has 0 aliphatic carbocycles. The Balaban J connectivity index is 1.70. The van der Waals surface area contributed by atoms with Gasteiger partial charge in [0.1, 0.15) is 17.5 Å². The van der Waals surface area contributed by atoms with Gasteiger partial charge in [-0.25, -0.2) is 4.98 Å². The molecule has 0 aliphatic heterocycles. The minimum atomic E-state index is -0.458. The lowest BCUT2D eigenvalue weighted by Crippen LogP contribution is -2.22. The Kier molecular flexibility index (Phi) is 9.94. The van der Waals surface area contributed by atoms with Crippen LogP contribution in [-0.4, -0.2) is 27.4 Å². The van der Waals surface area contributed by atoms with Crippen LogP contribution in [0.5, 0.6) is 11.5 Å². The summed E-state index contributed by atoms with van der Waals surface area (Å²) in [4.78, 5) is 28.6. The van der Waals surface area contributed by atoms with Crippen molar-refractivity contribution in [2.75, 3.05) is 6.61 Å². The normalized spacial score (nSPS) is 11.3. The lowest BCUT2D eigenvalue weighted by molar-refractivity contribution is -0.384. The average Bonchev–Trinajstić information content (AvgIpc) is 2.94. The topological polar surface area (TPSA) is 109 Å². The molecule has 0 atom stereocenters. The van der Waals surface area contributed by atoms with Crippen LogP contribution in [0.25, 0.3) is 10.9 Å². The van der Waals surface area contributed by atoms with Gasteiger partial charge in [-0.15, -0.1) is 0 Å². The van der Waals surface area contributed by atoms with Gasteiger partial charge in [0.25, 0.3) is 11.2 Å². The van der Waals surface area contributed by atoms with Crippen molar-refractivity contribution in [2.45, 2.75) is 39.7 Å². The van der Waals surface area contributed by atoms with Crippen LogP contribution in [0.2, 0.25) is 5.02 Å². The highest BCUT2D eigenvalue weighted by Crippen LogP contribution is 2.42. The number of aryl methyl sites for hydroxylation is 1. The molecule has 0 bridgehead atoms. The number of hydrogen-bond donors (Lipinski definition) is 0. The van der Waals surface area contributed by atoms with E-state index in [2.05, 4.69) is 43.9 Å². The Morgan fingerprint density at radius 1 is 1.12 bits per heavy atom. The minimum Gasteiger partial charge on any atom is -0.490 e. The van der Waals surface area contributed by atoms with Crippen molar-refractivity contribution in [3.8, 4) is 11.5 Å². The maximum atomic E-state index is 13.4. The number of benzene rings is 3. The summed E-state index contributed by atoms with van der Waals surface area (Å²) in [5.41, 5.74) is 1.63. The SMILES string of the molecule is CCCCc1nc2ccc(Br)cc2c(=O)n1N=Cc1cc(OCC)c(OCc2ccc([N+](=O)[O-])cc2)c(Cl)c1Br. The molecule has 12 heteroatoms. The van der Waals surface area contributed by atoms with Crippen molar-refractivity contribution < 1.29 is 14.4 Å². The number of nitro benzene ring substituents is 1. The van der Waals surface area contributed by atoms with Crippen LogP contribution in [0.15, 0.2) is 67.4 Å². The molecular weight excluding hydrogens is 668 g/mol. The Bertz CT molecular complexity index is 1640. The highest BCUT2D eigenvalue weighted by Gasteiger charge is 2.18. The molecule has 0 radical (unpaired) electrons. The highest BCUT2D eigenvalue weighted by atomic mass is 79.9. The molecule has 0 N–H and O–H groups in total. The molecule has 4 aromatic rings. The van der Waals surface area contributed by atoms with Gasteiger partial charge in [0, 0.05) is 33.1 Å². The van der Waals surface area contributed by atoms with E-state index in [9.17, 15) is 14.9 Å². The van der Waals surface area contributed by atoms with Crippen molar-refractivity contribution in [1.82, 2.24) is 9.66 Å². The zero-order chi connectivity index (χ0) is 28.8. The van der Waals surface area contributed by atoms with Crippen molar-refractivity contribution in [2.24, 2.45) is 5.10 Å². The first-order valence-corrected chi connectivity index (χ1v) is 14.5. The number of non-ortho nitro benzene ring substituents is 1. The van der Waals surface area contributed by atoms with E-state index in [0.717, 1.165) is 22.9 Å². The molecule has 0 spiro atoms. The summed E-state index contributed by atoms with van der Waals surface area (Å²) in [6.07, 6.45) is 3.92. The van der Waals surface area contributed by atoms with E-state index in [-0.39, 0.29) is 22.9 Å². The van der Waals surface area contributed by atoms with Gasteiger partial charge in [-0.2, -0.15) is 9.78 Å². The molecular formula is C28H25Br2ClN4O5. The van der Waals surface area contributed by atoms with Crippen LogP contribution < -0.4 is 15.0 Å². The Labute approximate surface area is 252 Å². The Morgan fingerprint density at radius 2 is 1.88 bits per heavy atom. The van der Waals surface area contributed by atoms with E-state index in [1.807, 2.05) is 19.1 Å². The van der Waals surface area contributed by atoms with Gasteiger partial charge in [0.2, 0.25) is 0 Å². The third kappa shape index (κ3) is 6.71. The van der Waals surface area contributed by atoms with E-state index in [1.54, 1.807) is 24.3 Å². The van der Waals surface area contributed by atoms with Gasteiger partial charge in [-0.05, 0) is 71.2 Å². The van der Waals surface area contributed by atoms with E-state index in [4.69, 9.17) is 26.1 Å². The van der Waals surface area contributed by atoms with Gasteiger partial charge >= 0.3 is 0 Å². The van der Waals surface area contributed by atoms with Crippen LogP contribution in [-0.2, 0) is 13.0 Å². The van der Waals surface area contributed by atoms with E-state index >= 15 is 0 Å². The van der Waals surface area contributed by atoms with Crippen LogP contribution >= 0.6 is 43.5 Å². The summed E-state index contributed by atoms with van der Waals surface area (Å²) in [6, 6.07) is 13.2. The second kappa shape index (κ2) is 13.4. The summed E-state index contributed by atoms with van der Waals surface area (Å²) in [5.74, 6) is 1.26. The predicted molar refractivity (Wildman–Crippen MR) is 163 cm³/mol. The number of rotatable bonds is 11. The molecule has 40 heavy (non-hydrogen) atoms. The Hall–Kier alpha value is -3.28. The second-order valence-corrected chi connectivity index (χ2v) is 10.8. The van der Waals surface area contributed by atoms with E-state index < -0.39 is 4.92 Å². The number of ether oxygens (including phenoxy) is 2. The third-order valence-corrected chi connectivity index (χ3v) is 7.86. The highest BCUT2D eigenvalue weighted by molar-refractivity contribution is 9.10. The summed E-state index contributed by atoms with van der Waals surface area (Å²) < 4.78 is 14.4.